The van der Waals surface area contributed by atoms with Gasteiger partial charge in [-0.25, -0.2) is 0 Å². The second kappa shape index (κ2) is 6.06. The third-order valence-electron chi connectivity index (χ3n) is 2.46. The van der Waals surface area contributed by atoms with E-state index in [1.165, 1.54) is 11.1 Å². The largest absolute Gasteiger partial charge is 0.309 e. The summed E-state index contributed by atoms with van der Waals surface area (Å²) in [4.78, 5) is 0. The Balaban J connectivity index is 1.85. The molecule has 1 N–H and O–H groups in total. The third kappa shape index (κ3) is 4.04. The summed E-state index contributed by atoms with van der Waals surface area (Å²) in [7, 11) is 0. The molecule has 2 rings (SSSR count). The van der Waals surface area contributed by atoms with Crippen LogP contribution in [0.15, 0.2) is 48.5 Å². The van der Waals surface area contributed by atoms with Crippen LogP contribution in [-0.4, -0.2) is 0 Å². The molecule has 0 aromatic heterocycles. The van der Waals surface area contributed by atoms with E-state index in [1.54, 1.807) is 0 Å². The van der Waals surface area contributed by atoms with Crippen LogP contribution in [0.3, 0.4) is 0 Å². The monoisotopic (exact) mass is 265 g/mol. The van der Waals surface area contributed by atoms with Gasteiger partial charge in [-0.3, -0.25) is 0 Å². The zero-order chi connectivity index (χ0) is 12.1. The molecule has 0 spiro atoms. The summed E-state index contributed by atoms with van der Waals surface area (Å²) < 4.78 is 0. The van der Waals surface area contributed by atoms with E-state index in [0.29, 0.717) is 0 Å². The quantitative estimate of drug-likeness (QED) is 0.870. The van der Waals surface area contributed by atoms with Gasteiger partial charge >= 0.3 is 0 Å². The minimum absolute atomic E-state index is 0.767. The fourth-order valence-corrected chi connectivity index (χ4v) is 1.94. The van der Waals surface area contributed by atoms with Crippen LogP contribution in [-0.2, 0) is 13.1 Å². The Morgan fingerprint density at radius 1 is 0.765 bits per heavy atom. The normalized spacial score (nSPS) is 10.5. The van der Waals surface area contributed by atoms with Crippen molar-refractivity contribution >= 4 is 23.2 Å². The van der Waals surface area contributed by atoms with E-state index in [-0.39, 0.29) is 0 Å². The van der Waals surface area contributed by atoms with Gasteiger partial charge in [0.05, 0.1) is 0 Å². The molecule has 0 bridgehead atoms. The number of rotatable bonds is 4. The van der Waals surface area contributed by atoms with Gasteiger partial charge in [0.1, 0.15) is 0 Å². The molecule has 17 heavy (non-hydrogen) atoms. The summed E-state index contributed by atoms with van der Waals surface area (Å²) in [6.07, 6.45) is 0. The second-order valence-corrected chi connectivity index (χ2v) is 4.73. The Morgan fingerprint density at radius 2 is 1.47 bits per heavy atom. The summed E-state index contributed by atoms with van der Waals surface area (Å²) >= 11 is 11.7. The zero-order valence-electron chi connectivity index (χ0n) is 9.29. The number of hydrogen-bond acceptors (Lipinski definition) is 1. The number of nitrogens with one attached hydrogen (secondary N) is 1. The Hall–Kier alpha value is -1.02. The standard InChI is InChI=1S/C14H13Cl2N/c15-13-6-4-11(5-7-13)9-17-10-12-2-1-3-14(16)8-12/h1-8,17H,9-10H2. The van der Waals surface area contributed by atoms with Gasteiger partial charge in [-0.1, -0.05) is 47.5 Å². The number of hydrogen-bond donors (Lipinski definition) is 1. The fourth-order valence-electron chi connectivity index (χ4n) is 1.60. The van der Waals surface area contributed by atoms with Crippen LogP contribution in [0.25, 0.3) is 0 Å². The zero-order valence-corrected chi connectivity index (χ0v) is 10.8. The average Bonchev–Trinajstić information content (AvgIpc) is 2.32. The van der Waals surface area contributed by atoms with Crippen molar-refractivity contribution in [1.82, 2.24) is 5.32 Å². The summed E-state index contributed by atoms with van der Waals surface area (Å²) in [5, 5.41) is 4.90. The van der Waals surface area contributed by atoms with E-state index in [4.69, 9.17) is 23.2 Å². The first kappa shape index (κ1) is 12.4. The molecule has 88 valence electrons. The highest BCUT2D eigenvalue weighted by Crippen LogP contribution is 2.11. The van der Waals surface area contributed by atoms with Gasteiger partial charge in [-0.15, -0.1) is 0 Å². The molecule has 0 fully saturated rings. The maximum absolute atomic E-state index is 5.92. The molecule has 0 aliphatic carbocycles. The highest BCUT2D eigenvalue weighted by molar-refractivity contribution is 6.30. The van der Waals surface area contributed by atoms with Gasteiger partial charge < -0.3 is 5.32 Å². The first-order chi connectivity index (χ1) is 8.24. The van der Waals surface area contributed by atoms with Crippen molar-refractivity contribution in [1.29, 1.82) is 0 Å². The van der Waals surface area contributed by atoms with Crippen molar-refractivity contribution in [2.75, 3.05) is 0 Å². The first-order valence-electron chi connectivity index (χ1n) is 5.43. The molecule has 0 atom stereocenters. The highest BCUT2D eigenvalue weighted by atomic mass is 35.5. The van der Waals surface area contributed by atoms with Crippen LogP contribution in [0.2, 0.25) is 10.0 Å². The molecule has 0 aliphatic rings. The Morgan fingerprint density at radius 3 is 2.18 bits per heavy atom. The molecular weight excluding hydrogens is 253 g/mol. The topological polar surface area (TPSA) is 12.0 Å². The summed E-state index contributed by atoms with van der Waals surface area (Å²) in [5.41, 5.74) is 2.41. The van der Waals surface area contributed by atoms with Gasteiger partial charge in [0.25, 0.3) is 0 Å². The summed E-state index contributed by atoms with van der Waals surface area (Å²) in [6.45, 7) is 1.63. The van der Waals surface area contributed by atoms with Crippen molar-refractivity contribution in [3.05, 3.63) is 69.7 Å². The maximum atomic E-state index is 5.92. The highest BCUT2D eigenvalue weighted by Gasteiger charge is 1.95. The van der Waals surface area contributed by atoms with E-state index in [1.807, 2.05) is 42.5 Å². The van der Waals surface area contributed by atoms with Crippen molar-refractivity contribution in [3.8, 4) is 0 Å². The fraction of sp³-hybridized carbons (Fsp3) is 0.143. The van der Waals surface area contributed by atoms with E-state index >= 15 is 0 Å². The summed E-state index contributed by atoms with van der Waals surface area (Å²) in [5.74, 6) is 0. The van der Waals surface area contributed by atoms with Gasteiger partial charge in [-0.2, -0.15) is 0 Å². The molecule has 0 amide bonds. The summed E-state index contributed by atoms with van der Waals surface area (Å²) in [6, 6.07) is 15.7. The lowest BCUT2D eigenvalue weighted by Gasteiger charge is -2.05. The van der Waals surface area contributed by atoms with Gasteiger partial charge in [0.2, 0.25) is 0 Å². The van der Waals surface area contributed by atoms with Crippen LogP contribution in [0.5, 0.6) is 0 Å². The molecule has 0 unspecified atom stereocenters. The second-order valence-electron chi connectivity index (χ2n) is 3.86. The van der Waals surface area contributed by atoms with E-state index in [2.05, 4.69) is 11.4 Å². The first-order valence-corrected chi connectivity index (χ1v) is 6.19. The van der Waals surface area contributed by atoms with Crippen LogP contribution in [0.1, 0.15) is 11.1 Å². The third-order valence-corrected chi connectivity index (χ3v) is 2.95. The van der Waals surface area contributed by atoms with E-state index in [0.717, 1.165) is 23.1 Å². The minimum atomic E-state index is 0.767. The molecule has 0 aliphatic heterocycles. The van der Waals surface area contributed by atoms with Crippen LogP contribution in [0.4, 0.5) is 0 Å². The van der Waals surface area contributed by atoms with Crippen LogP contribution in [0, 0.1) is 0 Å². The Labute approximate surface area is 111 Å². The van der Waals surface area contributed by atoms with Crippen molar-refractivity contribution in [2.45, 2.75) is 13.1 Å². The predicted molar refractivity (Wildman–Crippen MR) is 73.4 cm³/mol. The van der Waals surface area contributed by atoms with E-state index < -0.39 is 0 Å². The lowest BCUT2D eigenvalue weighted by atomic mass is 10.2. The van der Waals surface area contributed by atoms with Gasteiger partial charge in [-0.05, 0) is 35.4 Å². The molecule has 0 radical (unpaired) electrons. The lowest BCUT2D eigenvalue weighted by molar-refractivity contribution is 0.693. The maximum Gasteiger partial charge on any atom is 0.0409 e. The molecule has 1 nitrogen and oxygen atoms in total. The molecule has 0 saturated heterocycles. The molecule has 0 heterocycles. The van der Waals surface area contributed by atoms with Gasteiger partial charge in [0.15, 0.2) is 0 Å². The number of benzene rings is 2. The van der Waals surface area contributed by atoms with Crippen LogP contribution < -0.4 is 5.32 Å². The Kier molecular flexibility index (Phi) is 4.43. The Bertz CT molecular complexity index is 480. The molecule has 2 aromatic carbocycles. The SMILES string of the molecule is Clc1ccc(CNCc2cccc(Cl)c2)cc1. The molecular formula is C14H13Cl2N. The van der Waals surface area contributed by atoms with Crippen molar-refractivity contribution in [3.63, 3.8) is 0 Å². The smallest absolute Gasteiger partial charge is 0.0409 e. The predicted octanol–water partition coefficient (Wildman–Crippen LogP) is 4.28. The van der Waals surface area contributed by atoms with E-state index in [9.17, 15) is 0 Å². The lowest BCUT2D eigenvalue weighted by Crippen LogP contribution is -2.12. The molecule has 3 heteroatoms. The molecule has 0 saturated carbocycles. The number of halogens is 2. The average molecular weight is 266 g/mol. The van der Waals surface area contributed by atoms with Crippen LogP contribution >= 0.6 is 23.2 Å². The minimum Gasteiger partial charge on any atom is -0.309 e. The van der Waals surface area contributed by atoms with Crippen molar-refractivity contribution in [2.24, 2.45) is 0 Å². The van der Waals surface area contributed by atoms with Gasteiger partial charge in [0, 0.05) is 23.1 Å². The molecule has 2 aromatic rings. The van der Waals surface area contributed by atoms with Crippen molar-refractivity contribution < 1.29 is 0 Å².